The molecule has 7 heteroatoms. The fraction of sp³-hybridized carbons (Fsp3) is 0.263. The topological polar surface area (TPSA) is 75.6 Å². The van der Waals surface area contributed by atoms with Crippen molar-refractivity contribution in [3.05, 3.63) is 64.7 Å². The van der Waals surface area contributed by atoms with Crippen molar-refractivity contribution in [2.45, 2.75) is 31.6 Å². The average molecular weight is 393 g/mol. The molecular formula is C19H21ClN2O3S. The molecule has 0 bridgehead atoms. The van der Waals surface area contributed by atoms with E-state index in [4.69, 9.17) is 11.6 Å². The van der Waals surface area contributed by atoms with Gasteiger partial charge in [-0.2, -0.15) is 5.10 Å². The highest BCUT2D eigenvalue weighted by Gasteiger charge is 2.14. The lowest BCUT2D eigenvalue weighted by molar-refractivity contribution is -0.120. The SMILES string of the molecule is CCCS(=O)(=O)c1ccc(C(=NNC(=O)CC)c2ccc(Cl)cc2)cc1. The Hall–Kier alpha value is -2.18. The van der Waals surface area contributed by atoms with Gasteiger partial charge in [-0.05, 0) is 30.7 Å². The van der Waals surface area contributed by atoms with Gasteiger partial charge < -0.3 is 0 Å². The van der Waals surface area contributed by atoms with E-state index in [1.165, 1.54) is 0 Å². The monoisotopic (exact) mass is 392 g/mol. The summed E-state index contributed by atoms with van der Waals surface area (Å²) in [5, 5.41) is 4.81. The summed E-state index contributed by atoms with van der Waals surface area (Å²) in [5.74, 6) is -0.101. The number of halogens is 1. The number of carbonyl (C=O) groups is 1. The molecule has 0 spiro atoms. The normalized spacial score (nSPS) is 12.0. The molecule has 0 heterocycles. The van der Waals surface area contributed by atoms with Crippen molar-refractivity contribution in [3.63, 3.8) is 0 Å². The first-order chi connectivity index (χ1) is 12.4. The molecule has 2 rings (SSSR count). The van der Waals surface area contributed by atoms with E-state index in [9.17, 15) is 13.2 Å². The third-order valence-electron chi connectivity index (χ3n) is 3.69. The Bertz CT molecular complexity index is 889. The van der Waals surface area contributed by atoms with Gasteiger partial charge in [0.2, 0.25) is 5.91 Å². The van der Waals surface area contributed by atoms with Crippen LogP contribution in [-0.2, 0) is 14.6 Å². The van der Waals surface area contributed by atoms with E-state index in [0.29, 0.717) is 29.1 Å². The summed E-state index contributed by atoms with van der Waals surface area (Å²) in [6.07, 6.45) is 0.871. The maximum Gasteiger partial charge on any atom is 0.239 e. The summed E-state index contributed by atoms with van der Waals surface area (Å²) >= 11 is 5.94. The van der Waals surface area contributed by atoms with Crippen molar-refractivity contribution in [3.8, 4) is 0 Å². The van der Waals surface area contributed by atoms with Crippen LogP contribution in [0, 0.1) is 0 Å². The predicted molar refractivity (Wildman–Crippen MR) is 104 cm³/mol. The van der Waals surface area contributed by atoms with Gasteiger partial charge in [0.15, 0.2) is 9.84 Å². The molecule has 0 aliphatic heterocycles. The van der Waals surface area contributed by atoms with E-state index < -0.39 is 9.84 Å². The van der Waals surface area contributed by atoms with Crippen LogP contribution in [0.15, 0.2) is 58.5 Å². The zero-order chi connectivity index (χ0) is 19.2. The fourth-order valence-electron chi connectivity index (χ4n) is 2.31. The highest BCUT2D eigenvalue weighted by molar-refractivity contribution is 7.91. The van der Waals surface area contributed by atoms with E-state index in [1.807, 2.05) is 6.92 Å². The van der Waals surface area contributed by atoms with Gasteiger partial charge in [-0.1, -0.05) is 49.7 Å². The molecule has 2 aromatic rings. The largest absolute Gasteiger partial charge is 0.273 e. The summed E-state index contributed by atoms with van der Waals surface area (Å²) in [7, 11) is -3.28. The van der Waals surface area contributed by atoms with Crippen LogP contribution in [0.1, 0.15) is 37.8 Å². The number of nitrogens with one attached hydrogen (secondary N) is 1. The van der Waals surface area contributed by atoms with Gasteiger partial charge in [0, 0.05) is 22.6 Å². The standard InChI is InChI=1S/C19H21ClN2O3S/c1-3-13-26(24,25)17-11-7-15(8-12-17)19(22-21-18(23)4-2)14-5-9-16(20)10-6-14/h5-12H,3-4,13H2,1-2H3,(H,21,23). The van der Waals surface area contributed by atoms with Crippen LogP contribution in [0.25, 0.3) is 0 Å². The number of benzene rings is 2. The lowest BCUT2D eigenvalue weighted by Crippen LogP contribution is -2.19. The Kier molecular flexibility index (Phi) is 6.94. The van der Waals surface area contributed by atoms with E-state index in [1.54, 1.807) is 55.5 Å². The summed E-state index contributed by atoms with van der Waals surface area (Å²) in [6, 6.07) is 13.5. The minimum absolute atomic E-state index is 0.108. The molecular weight excluding hydrogens is 372 g/mol. The third-order valence-corrected chi connectivity index (χ3v) is 5.88. The number of hydrazone groups is 1. The summed E-state index contributed by atoms with van der Waals surface area (Å²) < 4.78 is 24.3. The Morgan fingerprint density at radius 3 is 2.04 bits per heavy atom. The van der Waals surface area contributed by atoms with Crippen molar-refractivity contribution < 1.29 is 13.2 Å². The molecule has 0 aliphatic carbocycles. The first-order valence-electron chi connectivity index (χ1n) is 8.33. The lowest BCUT2D eigenvalue weighted by Gasteiger charge is -2.09. The number of rotatable bonds is 7. The van der Waals surface area contributed by atoms with Crippen molar-refractivity contribution in [2.24, 2.45) is 5.10 Å². The first kappa shape index (κ1) is 20.1. The number of carbonyl (C=O) groups excluding carboxylic acids is 1. The zero-order valence-corrected chi connectivity index (χ0v) is 16.3. The number of amides is 1. The van der Waals surface area contributed by atoms with Gasteiger partial charge in [-0.3, -0.25) is 4.79 Å². The van der Waals surface area contributed by atoms with Crippen molar-refractivity contribution in [1.29, 1.82) is 0 Å². The van der Waals surface area contributed by atoms with Crippen LogP contribution < -0.4 is 5.43 Å². The molecule has 0 radical (unpaired) electrons. The van der Waals surface area contributed by atoms with Gasteiger partial charge in [-0.25, -0.2) is 13.8 Å². The highest BCUT2D eigenvalue weighted by atomic mass is 35.5. The molecule has 0 aliphatic rings. The van der Waals surface area contributed by atoms with Crippen LogP contribution >= 0.6 is 11.6 Å². The third kappa shape index (κ3) is 5.16. The maximum absolute atomic E-state index is 12.2. The van der Waals surface area contributed by atoms with E-state index in [-0.39, 0.29) is 16.6 Å². The van der Waals surface area contributed by atoms with Crippen LogP contribution in [0.4, 0.5) is 0 Å². The first-order valence-corrected chi connectivity index (χ1v) is 10.4. The smallest absolute Gasteiger partial charge is 0.239 e. The van der Waals surface area contributed by atoms with Crippen molar-refractivity contribution >= 4 is 33.1 Å². The molecule has 1 N–H and O–H groups in total. The van der Waals surface area contributed by atoms with Crippen LogP contribution in [-0.4, -0.2) is 25.8 Å². The summed E-state index contributed by atoms with van der Waals surface area (Å²) in [5.41, 5.74) is 4.49. The maximum atomic E-state index is 12.2. The zero-order valence-electron chi connectivity index (χ0n) is 14.7. The van der Waals surface area contributed by atoms with Crippen molar-refractivity contribution in [2.75, 3.05) is 5.75 Å². The summed E-state index contributed by atoms with van der Waals surface area (Å²) in [4.78, 5) is 11.8. The average Bonchev–Trinajstić information content (AvgIpc) is 2.63. The molecule has 2 aromatic carbocycles. The number of nitrogens with zero attached hydrogens (tertiary/aromatic N) is 1. The predicted octanol–water partition coefficient (Wildman–Crippen LogP) is 3.80. The summed E-state index contributed by atoms with van der Waals surface area (Å²) in [6.45, 7) is 3.56. The van der Waals surface area contributed by atoms with Gasteiger partial charge in [0.05, 0.1) is 16.4 Å². The van der Waals surface area contributed by atoms with Gasteiger partial charge in [-0.15, -0.1) is 0 Å². The molecule has 138 valence electrons. The molecule has 0 aromatic heterocycles. The molecule has 0 atom stereocenters. The molecule has 0 fully saturated rings. The Labute approximate surface area is 159 Å². The minimum Gasteiger partial charge on any atom is -0.273 e. The van der Waals surface area contributed by atoms with E-state index in [0.717, 1.165) is 5.56 Å². The Morgan fingerprint density at radius 1 is 1.00 bits per heavy atom. The van der Waals surface area contributed by atoms with Crippen molar-refractivity contribution in [1.82, 2.24) is 5.43 Å². The van der Waals surface area contributed by atoms with Gasteiger partial charge in [0.25, 0.3) is 0 Å². The molecule has 0 saturated heterocycles. The Balaban J connectivity index is 2.42. The Morgan fingerprint density at radius 2 is 1.54 bits per heavy atom. The minimum atomic E-state index is -3.28. The molecule has 0 unspecified atom stereocenters. The highest BCUT2D eigenvalue weighted by Crippen LogP contribution is 2.18. The number of sulfone groups is 1. The molecule has 5 nitrogen and oxygen atoms in total. The molecule has 0 saturated carbocycles. The fourth-order valence-corrected chi connectivity index (χ4v) is 3.76. The molecule has 26 heavy (non-hydrogen) atoms. The second-order valence-corrected chi connectivity index (χ2v) is 8.24. The number of hydrogen-bond acceptors (Lipinski definition) is 4. The second-order valence-electron chi connectivity index (χ2n) is 5.70. The van der Waals surface area contributed by atoms with Crippen LogP contribution in [0.5, 0.6) is 0 Å². The van der Waals surface area contributed by atoms with Gasteiger partial charge >= 0.3 is 0 Å². The number of hydrogen-bond donors (Lipinski definition) is 1. The van der Waals surface area contributed by atoms with Crippen LogP contribution in [0.3, 0.4) is 0 Å². The van der Waals surface area contributed by atoms with Gasteiger partial charge in [0.1, 0.15) is 0 Å². The molecule has 1 amide bonds. The van der Waals surface area contributed by atoms with E-state index >= 15 is 0 Å². The van der Waals surface area contributed by atoms with Crippen LogP contribution in [0.2, 0.25) is 5.02 Å². The quantitative estimate of drug-likeness (QED) is 0.575. The lowest BCUT2D eigenvalue weighted by atomic mass is 10.0. The van der Waals surface area contributed by atoms with E-state index in [2.05, 4.69) is 10.5 Å². The second kappa shape index (κ2) is 8.96.